The lowest BCUT2D eigenvalue weighted by Gasteiger charge is -2.21. The first kappa shape index (κ1) is 13.2. The highest BCUT2D eigenvalue weighted by atomic mass is 19.1. The lowest BCUT2D eigenvalue weighted by atomic mass is 10.1. The predicted octanol–water partition coefficient (Wildman–Crippen LogP) is 2.08. The zero-order valence-electron chi connectivity index (χ0n) is 10.6. The number of nitrogens with zero attached hydrogens (tertiary/aromatic N) is 2. The van der Waals surface area contributed by atoms with E-state index in [1.165, 1.54) is 0 Å². The molecule has 3 nitrogen and oxygen atoms in total. The standard InChI is InChI=1S/C12H22FN3/c1-12(2,3)14-8-11(13)6-5-10-7-15-16(4)9-10/h7,9,11,14H,5-6,8H2,1-4H3. The number of hydrogen-bond donors (Lipinski definition) is 1. The first-order chi connectivity index (χ1) is 7.37. The fourth-order valence-corrected chi connectivity index (χ4v) is 1.44. The second-order valence-electron chi connectivity index (χ2n) is 5.29. The number of halogens is 1. The van der Waals surface area contributed by atoms with Gasteiger partial charge in [0.2, 0.25) is 0 Å². The van der Waals surface area contributed by atoms with Gasteiger partial charge in [-0.3, -0.25) is 4.68 Å². The van der Waals surface area contributed by atoms with E-state index in [-0.39, 0.29) is 5.54 Å². The Hall–Kier alpha value is -0.900. The minimum Gasteiger partial charge on any atom is -0.309 e. The van der Waals surface area contributed by atoms with Crippen LogP contribution in [0.25, 0.3) is 0 Å². The van der Waals surface area contributed by atoms with Crippen LogP contribution >= 0.6 is 0 Å². The van der Waals surface area contributed by atoms with E-state index < -0.39 is 6.17 Å². The molecule has 0 saturated carbocycles. The molecule has 1 aromatic heterocycles. The van der Waals surface area contributed by atoms with Crippen molar-refractivity contribution < 1.29 is 4.39 Å². The van der Waals surface area contributed by atoms with Gasteiger partial charge in [0.25, 0.3) is 0 Å². The third kappa shape index (κ3) is 5.26. The Labute approximate surface area is 97.0 Å². The number of alkyl halides is 1. The molecule has 1 rings (SSSR count). The van der Waals surface area contributed by atoms with Crippen LogP contribution in [0.5, 0.6) is 0 Å². The molecule has 0 radical (unpaired) electrons. The van der Waals surface area contributed by atoms with Gasteiger partial charge in [-0.15, -0.1) is 0 Å². The van der Waals surface area contributed by atoms with E-state index in [2.05, 4.69) is 10.4 Å². The Bertz CT molecular complexity index is 314. The van der Waals surface area contributed by atoms with Crippen LogP contribution < -0.4 is 5.32 Å². The smallest absolute Gasteiger partial charge is 0.113 e. The molecule has 0 spiro atoms. The maximum absolute atomic E-state index is 13.5. The maximum atomic E-state index is 13.5. The third-order valence-corrected chi connectivity index (χ3v) is 2.36. The van der Waals surface area contributed by atoms with Crippen LogP contribution in [0.1, 0.15) is 32.8 Å². The van der Waals surface area contributed by atoms with Gasteiger partial charge in [0.05, 0.1) is 6.20 Å². The Balaban J connectivity index is 2.22. The summed E-state index contributed by atoms with van der Waals surface area (Å²) in [5.74, 6) is 0. The molecule has 0 aliphatic rings. The minimum atomic E-state index is -0.792. The number of hydrogen-bond acceptors (Lipinski definition) is 2. The number of nitrogens with one attached hydrogen (secondary N) is 1. The predicted molar refractivity (Wildman–Crippen MR) is 64.2 cm³/mol. The molecule has 0 bridgehead atoms. The number of aryl methyl sites for hydroxylation is 2. The van der Waals surface area contributed by atoms with Crippen molar-refractivity contribution in [3.8, 4) is 0 Å². The topological polar surface area (TPSA) is 29.9 Å². The summed E-state index contributed by atoms with van der Waals surface area (Å²) in [6.45, 7) is 6.55. The van der Waals surface area contributed by atoms with E-state index in [1.807, 2.05) is 34.0 Å². The molecule has 0 fully saturated rings. The monoisotopic (exact) mass is 227 g/mol. The van der Waals surface area contributed by atoms with Gasteiger partial charge in [-0.25, -0.2) is 4.39 Å². The summed E-state index contributed by atoms with van der Waals surface area (Å²) >= 11 is 0. The van der Waals surface area contributed by atoms with E-state index >= 15 is 0 Å². The van der Waals surface area contributed by atoms with E-state index in [0.717, 1.165) is 12.0 Å². The van der Waals surface area contributed by atoms with Crippen molar-refractivity contribution in [2.24, 2.45) is 7.05 Å². The zero-order chi connectivity index (χ0) is 12.2. The molecule has 16 heavy (non-hydrogen) atoms. The Kier molecular flexibility index (Phi) is 4.47. The van der Waals surface area contributed by atoms with E-state index in [1.54, 1.807) is 10.9 Å². The van der Waals surface area contributed by atoms with E-state index in [0.29, 0.717) is 13.0 Å². The minimum absolute atomic E-state index is 0.0152. The summed E-state index contributed by atoms with van der Waals surface area (Å²) < 4.78 is 15.3. The van der Waals surface area contributed by atoms with Crippen LogP contribution in [0, 0.1) is 0 Å². The fourth-order valence-electron chi connectivity index (χ4n) is 1.44. The molecule has 4 heteroatoms. The van der Waals surface area contributed by atoms with Crippen molar-refractivity contribution in [2.75, 3.05) is 6.54 Å². The molecule has 1 aromatic rings. The van der Waals surface area contributed by atoms with Gasteiger partial charge in [0, 0.05) is 25.3 Å². The van der Waals surface area contributed by atoms with Crippen LogP contribution in [0.4, 0.5) is 4.39 Å². The lowest BCUT2D eigenvalue weighted by Crippen LogP contribution is -2.39. The molecular formula is C12H22FN3. The highest BCUT2D eigenvalue weighted by Crippen LogP contribution is 2.07. The molecule has 0 aliphatic carbocycles. The van der Waals surface area contributed by atoms with Crippen molar-refractivity contribution in [3.63, 3.8) is 0 Å². The van der Waals surface area contributed by atoms with E-state index in [9.17, 15) is 4.39 Å². The lowest BCUT2D eigenvalue weighted by molar-refractivity contribution is 0.272. The van der Waals surface area contributed by atoms with Gasteiger partial charge >= 0.3 is 0 Å². The molecule has 0 aromatic carbocycles. The SMILES string of the molecule is Cn1cc(CCC(F)CNC(C)(C)C)cn1. The second-order valence-corrected chi connectivity index (χ2v) is 5.29. The average Bonchev–Trinajstić information content (AvgIpc) is 2.57. The molecular weight excluding hydrogens is 205 g/mol. The van der Waals surface area contributed by atoms with Gasteiger partial charge in [0.1, 0.15) is 6.17 Å². The zero-order valence-corrected chi connectivity index (χ0v) is 10.6. The first-order valence-corrected chi connectivity index (χ1v) is 5.73. The maximum Gasteiger partial charge on any atom is 0.113 e. The van der Waals surface area contributed by atoms with Crippen LogP contribution in [0.2, 0.25) is 0 Å². The Morgan fingerprint density at radius 1 is 1.50 bits per heavy atom. The van der Waals surface area contributed by atoms with Crippen molar-refractivity contribution in [3.05, 3.63) is 18.0 Å². The molecule has 1 unspecified atom stereocenters. The van der Waals surface area contributed by atoms with Crippen molar-refractivity contribution in [1.82, 2.24) is 15.1 Å². The quantitative estimate of drug-likeness (QED) is 0.834. The summed E-state index contributed by atoms with van der Waals surface area (Å²) in [6, 6.07) is 0. The first-order valence-electron chi connectivity index (χ1n) is 5.73. The second kappa shape index (κ2) is 5.43. The molecule has 0 saturated heterocycles. The largest absolute Gasteiger partial charge is 0.309 e. The summed E-state index contributed by atoms with van der Waals surface area (Å²) in [4.78, 5) is 0. The van der Waals surface area contributed by atoms with Gasteiger partial charge in [-0.05, 0) is 39.2 Å². The van der Waals surface area contributed by atoms with Crippen molar-refractivity contribution in [2.45, 2.75) is 45.3 Å². The Morgan fingerprint density at radius 3 is 2.69 bits per heavy atom. The molecule has 1 atom stereocenters. The molecule has 0 aliphatic heterocycles. The van der Waals surface area contributed by atoms with Gasteiger partial charge in [0.15, 0.2) is 0 Å². The summed E-state index contributed by atoms with van der Waals surface area (Å²) in [6.07, 6.45) is 4.24. The summed E-state index contributed by atoms with van der Waals surface area (Å²) in [5.41, 5.74) is 1.08. The average molecular weight is 227 g/mol. The summed E-state index contributed by atoms with van der Waals surface area (Å²) in [5, 5.41) is 7.23. The number of aromatic nitrogens is 2. The highest BCUT2D eigenvalue weighted by molar-refractivity contribution is 5.03. The molecule has 1 N–H and O–H groups in total. The van der Waals surface area contributed by atoms with Crippen molar-refractivity contribution >= 4 is 0 Å². The third-order valence-electron chi connectivity index (χ3n) is 2.36. The van der Waals surface area contributed by atoms with Gasteiger partial charge in [-0.2, -0.15) is 5.10 Å². The van der Waals surface area contributed by atoms with E-state index in [4.69, 9.17) is 0 Å². The van der Waals surface area contributed by atoms with Crippen LogP contribution in [0.3, 0.4) is 0 Å². The number of rotatable bonds is 5. The van der Waals surface area contributed by atoms with Crippen molar-refractivity contribution in [1.29, 1.82) is 0 Å². The Morgan fingerprint density at radius 2 is 2.19 bits per heavy atom. The fraction of sp³-hybridized carbons (Fsp3) is 0.750. The van der Waals surface area contributed by atoms with Crippen LogP contribution in [0.15, 0.2) is 12.4 Å². The highest BCUT2D eigenvalue weighted by Gasteiger charge is 2.13. The van der Waals surface area contributed by atoms with Crippen LogP contribution in [-0.4, -0.2) is 28.0 Å². The van der Waals surface area contributed by atoms with Crippen LogP contribution in [-0.2, 0) is 13.5 Å². The van der Waals surface area contributed by atoms with Gasteiger partial charge < -0.3 is 5.32 Å². The molecule has 92 valence electrons. The van der Waals surface area contributed by atoms with Gasteiger partial charge in [-0.1, -0.05) is 0 Å². The normalized spacial score (nSPS) is 14.1. The summed E-state index contributed by atoms with van der Waals surface area (Å²) in [7, 11) is 1.87. The molecule has 1 heterocycles. The molecule has 0 amide bonds.